The summed E-state index contributed by atoms with van der Waals surface area (Å²) in [5.74, 6) is 1.25. The van der Waals surface area contributed by atoms with E-state index in [9.17, 15) is 4.79 Å². The van der Waals surface area contributed by atoms with Crippen LogP contribution in [0.4, 0.5) is 0 Å². The maximum absolute atomic E-state index is 12.9. The summed E-state index contributed by atoms with van der Waals surface area (Å²) < 4.78 is 8.71. The Morgan fingerprint density at radius 1 is 1.22 bits per heavy atom. The van der Waals surface area contributed by atoms with Crippen LogP contribution >= 0.6 is 31.9 Å². The molecule has 1 heterocycles. The molecule has 0 bridgehead atoms. The highest BCUT2D eigenvalue weighted by Gasteiger charge is 2.10. The number of fused-ring (bicyclic) bond motifs is 1. The van der Waals surface area contributed by atoms with Gasteiger partial charge in [0.1, 0.15) is 18.2 Å². The molecule has 5 nitrogen and oxygen atoms in total. The number of hydrogen-bond donors (Lipinski definition) is 0. The summed E-state index contributed by atoms with van der Waals surface area (Å²) in [7, 11) is 0. The highest BCUT2D eigenvalue weighted by molar-refractivity contribution is 9.10. The summed E-state index contributed by atoms with van der Waals surface area (Å²) in [4.78, 5) is 17.5. The van der Waals surface area contributed by atoms with Crippen LogP contribution in [-0.4, -0.2) is 22.5 Å². The van der Waals surface area contributed by atoms with Crippen molar-refractivity contribution in [1.29, 1.82) is 0 Å². The van der Waals surface area contributed by atoms with E-state index in [2.05, 4.69) is 48.5 Å². The molecule has 0 aliphatic carbocycles. The van der Waals surface area contributed by atoms with Gasteiger partial charge in [-0.05, 0) is 36.4 Å². The third-order valence-corrected chi connectivity index (χ3v) is 4.82. The number of halogens is 2. The van der Waals surface area contributed by atoms with Crippen molar-refractivity contribution < 1.29 is 4.74 Å². The van der Waals surface area contributed by atoms with Gasteiger partial charge in [0.15, 0.2) is 0 Å². The first kappa shape index (κ1) is 19.5. The molecule has 0 spiro atoms. The third-order valence-electron chi connectivity index (χ3n) is 3.83. The lowest BCUT2D eigenvalue weighted by Crippen LogP contribution is -2.22. The molecule has 27 heavy (non-hydrogen) atoms. The minimum Gasteiger partial charge on any atom is -0.489 e. The van der Waals surface area contributed by atoms with Crippen LogP contribution in [0.3, 0.4) is 0 Å². The number of hydrogen-bond acceptors (Lipinski definition) is 4. The van der Waals surface area contributed by atoms with Gasteiger partial charge in [0, 0.05) is 20.9 Å². The highest BCUT2D eigenvalue weighted by Crippen LogP contribution is 2.22. The normalized spacial score (nSPS) is 11.2. The summed E-state index contributed by atoms with van der Waals surface area (Å²) in [6.45, 7) is 5.99. The van der Waals surface area contributed by atoms with Crippen molar-refractivity contribution in [3.8, 4) is 5.75 Å². The number of aryl methyl sites for hydroxylation is 1. The summed E-state index contributed by atoms with van der Waals surface area (Å²) in [6.07, 6.45) is 3.86. The molecular weight excluding hydrogens is 474 g/mol. The van der Waals surface area contributed by atoms with E-state index in [1.807, 2.05) is 37.3 Å². The van der Waals surface area contributed by atoms with Gasteiger partial charge in [0.2, 0.25) is 0 Å². The van der Waals surface area contributed by atoms with E-state index >= 15 is 0 Å². The number of rotatable bonds is 6. The SMILES string of the molecule is C=CCOc1ccc(Br)cc1C=Nn1c(CC)nc2ccc(Br)cc2c1=O. The first-order valence-corrected chi connectivity index (χ1v) is 9.91. The van der Waals surface area contributed by atoms with Gasteiger partial charge in [-0.15, -0.1) is 0 Å². The fraction of sp³-hybridized carbons (Fsp3) is 0.150. The molecule has 3 aromatic rings. The Morgan fingerprint density at radius 2 is 1.96 bits per heavy atom. The van der Waals surface area contributed by atoms with Gasteiger partial charge < -0.3 is 4.74 Å². The maximum atomic E-state index is 12.9. The molecule has 0 aliphatic rings. The largest absolute Gasteiger partial charge is 0.489 e. The molecule has 3 rings (SSSR count). The van der Waals surface area contributed by atoms with E-state index in [1.54, 1.807) is 18.4 Å². The molecule has 0 aliphatic heterocycles. The molecule has 0 fully saturated rings. The Balaban J connectivity index is 2.11. The van der Waals surface area contributed by atoms with Gasteiger partial charge in [0.05, 0.1) is 17.1 Å². The van der Waals surface area contributed by atoms with Crippen molar-refractivity contribution in [1.82, 2.24) is 9.66 Å². The van der Waals surface area contributed by atoms with E-state index in [0.29, 0.717) is 35.5 Å². The first-order chi connectivity index (χ1) is 13.0. The lowest BCUT2D eigenvalue weighted by atomic mass is 10.2. The van der Waals surface area contributed by atoms with Gasteiger partial charge in [0.25, 0.3) is 5.56 Å². The van der Waals surface area contributed by atoms with Crippen molar-refractivity contribution >= 4 is 49.0 Å². The quantitative estimate of drug-likeness (QED) is 0.363. The van der Waals surface area contributed by atoms with E-state index in [-0.39, 0.29) is 5.56 Å². The van der Waals surface area contributed by atoms with Gasteiger partial charge in [-0.1, -0.05) is 51.4 Å². The summed E-state index contributed by atoms with van der Waals surface area (Å²) in [5, 5.41) is 4.92. The van der Waals surface area contributed by atoms with Crippen molar-refractivity contribution in [3.05, 3.63) is 79.7 Å². The second-order valence-electron chi connectivity index (χ2n) is 5.69. The molecule has 0 amide bonds. The van der Waals surface area contributed by atoms with E-state index < -0.39 is 0 Å². The zero-order valence-electron chi connectivity index (χ0n) is 14.7. The monoisotopic (exact) mass is 489 g/mol. The summed E-state index contributed by atoms with van der Waals surface area (Å²) >= 11 is 6.85. The molecule has 7 heteroatoms. The van der Waals surface area contributed by atoms with Crippen LogP contribution in [0.15, 0.2) is 67.9 Å². The Morgan fingerprint density at radius 3 is 2.70 bits per heavy atom. The third kappa shape index (κ3) is 4.36. The number of ether oxygens (including phenoxy) is 1. The maximum Gasteiger partial charge on any atom is 0.282 e. The minimum atomic E-state index is -0.210. The highest BCUT2D eigenvalue weighted by atomic mass is 79.9. The van der Waals surface area contributed by atoms with Crippen LogP contribution in [0.1, 0.15) is 18.3 Å². The first-order valence-electron chi connectivity index (χ1n) is 8.32. The Hall–Kier alpha value is -2.25. The fourth-order valence-electron chi connectivity index (χ4n) is 2.56. The zero-order chi connectivity index (χ0) is 19.4. The molecule has 0 unspecified atom stereocenters. The molecule has 138 valence electrons. The van der Waals surface area contributed by atoms with Crippen molar-refractivity contribution in [3.63, 3.8) is 0 Å². The average Bonchev–Trinajstić information content (AvgIpc) is 2.66. The predicted octanol–water partition coefficient (Wildman–Crippen LogP) is 4.93. The Kier molecular flexibility index (Phi) is 6.23. The summed E-state index contributed by atoms with van der Waals surface area (Å²) in [5.41, 5.74) is 1.19. The van der Waals surface area contributed by atoms with Gasteiger partial charge in [-0.25, -0.2) is 4.98 Å². The van der Waals surface area contributed by atoms with Crippen LogP contribution in [-0.2, 0) is 6.42 Å². The van der Waals surface area contributed by atoms with E-state index in [1.165, 1.54) is 4.68 Å². The van der Waals surface area contributed by atoms with Crippen molar-refractivity contribution in [2.75, 3.05) is 6.61 Å². The molecule has 0 saturated heterocycles. The van der Waals surface area contributed by atoms with Crippen molar-refractivity contribution in [2.24, 2.45) is 5.10 Å². The molecular formula is C20H17Br2N3O2. The lowest BCUT2D eigenvalue weighted by Gasteiger charge is -2.09. The van der Waals surface area contributed by atoms with Crippen LogP contribution in [0.25, 0.3) is 10.9 Å². The zero-order valence-corrected chi connectivity index (χ0v) is 17.8. The van der Waals surface area contributed by atoms with Gasteiger partial charge >= 0.3 is 0 Å². The second-order valence-corrected chi connectivity index (χ2v) is 7.52. The van der Waals surface area contributed by atoms with Gasteiger partial charge in [-0.3, -0.25) is 4.79 Å². The van der Waals surface area contributed by atoms with Crippen molar-refractivity contribution in [2.45, 2.75) is 13.3 Å². The fourth-order valence-corrected chi connectivity index (χ4v) is 3.30. The Bertz CT molecular complexity index is 1090. The van der Waals surface area contributed by atoms with Crippen LogP contribution in [0.5, 0.6) is 5.75 Å². The molecule has 0 saturated carbocycles. The molecule has 0 N–H and O–H groups in total. The smallest absolute Gasteiger partial charge is 0.282 e. The van der Waals surface area contributed by atoms with E-state index in [0.717, 1.165) is 14.5 Å². The van der Waals surface area contributed by atoms with E-state index in [4.69, 9.17) is 4.74 Å². The second kappa shape index (κ2) is 8.63. The lowest BCUT2D eigenvalue weighted by molar-refractivity contribution is 0.362. The summed E-state index contributed by atoms with van der Waals surface area (Å²) in [6, 6.07) is 11.1. The molecule has 0 atom stereocenters. The topological polar surface area (TPSA) is 56.5 Å². The Labute approximate surface area is 173 Å². The standard InChI is InChI=1S/C20H17Br2N3O2/c1-3-9-27-18-8-6-14(21)10-13(18)12-23-25-19(4-2)24-17-7-5-15(22)11-16(17)20(25)26/h3,5-8,10-12H,1,4,9H2,2H3. The number of benzene rings is 2. The molecule has 0 radical (unpaired) electrons. The molecule has 2 aromatic carbocycles. The van der Waals surface area contributed by atoms with Crippen LogP contribution < -0.4 is 10.3 Å². The average molecular weight is 491 g/mol. The minimum absolute atomic E-state index is 0.210. The molecule has 1 aromatic heterocycles. The number of nitrogens with zero attached hydrogens (tertiary/aromatic N) is 3. The number of aromatic nitrogens is 2. The van der Waals surface area contributed by atoms with Crippen LogP contribution in [0, 0.1) is 0 Å². The predicted molar refractivity (Wildman–Crippen MR) is 116 cm³/mol. The van der Waals surface area contributed by atoms with Gasteiger partial charge in [-0.2, -0.15) is 9.78 Å². The van der Waals surface area contributed by atoms with Crippen LogP contribution in [0.2, 0.25) is 0 Å².